The SMILES string of the molecule is Cc1c(C)c(CI)c(Cl)c(Cl)c1Cl. The molecule has 0 bridgehead atoms. The molecule has 13 heavy (non-hydrogen) atoms. The highest BCUT2D eigenvalue weighted by Gasteiger charge is 2.14. The summed E-state index contributed by atoms with van der Waals surface area (Å²) in [5, 5.41) is 1.63. The highest BCUT2D eigenvalue weighted by molar-refractivity contribution is 14.1. The van der Waals surface area contributed by atoms with Gasteiger partial charge in [-0.1, -0.05) is 57.4 Å². The van der Waals surface area contributed by atoms with E-state index in [-0.39, 0.29) is 0 Å². The van der Waals surface area contributed by atoms with Crippen LogP contribution in [0.2, 0.25) is 15.1 Å². The van der Waals surface area contributed by atoms with E-state index in [0.717, 1.165) is 21.1 Å². The van der Waals surface area contributed by atoms with Gasteiger partial charge in [-0.15, -0.1) is 0 Å². The first-order valence-corrected chi connectivity index (χ1v) is 6.35. The summed E-state index contributed by atoms with van der Waals surface area (Å²) in [7, 11) is 0. The van der Waals surface area contributed by atoms with Crippen LogP contribution in [0.5, 0.6) is 0 Å². The largest absolute Gasteiger partial charge is 0.0824 e. The Morgan fingerprint density at radius 3 is 1.92 bits per heavy atom. The van der Waals surface area contributed by atoms with Crippen molar-refractivity contribution in [2.75, 3.05) is 0 Å². The molecule has 0 aliphatic rings. The number of benzene rings is 1. The third-order valence-corrected chi connectivity index (χ3v) is 4.35. The smallest absolute Gasteiger partial charge is 0.0784 e. The summed E-state index contributed by atoms with van der Waals surface area (Å²) in [4.78, 5) is 0. The van der Waals surface area contributed by atoms with Gasteiger partial charge in [-0.05, 0) is 30.5 Å². The lowest BCUT2D eigenvalue weighted by molar-refractivity contribution is 1.26. The Balaban J connectivity index is 3.56. The average molecular weight is 349 g/mol. The van der Waals surface area contributed by atoms with E-state index in [0.29, 0.717) is 15.1 Å². The van der Waals surface area contributed by atoms with E-state index in [9.17, 15) is 0 Å². The Morgan fingerprint density at radius 1 is 0.923 bits per heavy atom. The van der Waals surface area contributed by atoms with Crippen molar-refractivity contribution in [1.29, 1.82) is 0 Å². The molecule has 0 spiro atoms. The van der Waals surface area contributed by atoms with E-state index in [1.54, 1.807) is 0 Å². The van der Waals surface area contributed by atoms with Crippen LogP contribution in [0.1, 0.15) is 16.7 Å². The minimum atomic E-state index is 0.470. The second kappa shape index (κ2) is 4.56. The normalized spacial score (nSPS) is 10.6. The Kier molecular flexibility index (Phi) is 4.17. The van der Waals surface area contributed by atoms with Gasteiger partial charge in [-0.3, -0.25) is 0 Å². The molecule has 1 rings (SSSR count). The van der Waals surface area contributed by atoms with Crippen molar-refractivity contribution in [3.8, 4) is 0 Å². The van der Waals surface area contributed by atoms with Crippen LogP contribution in [-0.4, -0.2) is 0 Å². The van der Waals surface area contributed by atoms with Gasteiger partial charge in [0.2, 0.25) is 0 Å². The van der Waals surface area contributed by atoms with Crippen molar-refractivity contribution >= 4 is 57.4 Å². The molecule has 0 N–H and O–H groups in total. The Labute approximate surface area is 107 Å². The molecule has 0 amide bonds. The second-order valence-electron chi connectivity index (χ2n) is 2.80. The number of halogens is 4. The number of hydrogen-bond acceptors (Lipinski definition) is 0. The van der Waals surface area contributed by atoms with Gasteiger partial charge in [0, 0.05) is 4.43 Å². The van der Waals surface area contributed by atoms with Crippen LogP contribution in [-0.2, 0) is 4.43 Å². The van der Waals surface area contributed by atoms with Crippen LogP contribution in [0, 0.1) is 13.8 Å². The van der Waals surface area contributed by atoms with Gasteiger partial charge in [0.25, 0.3) is 0 Å². The molecule has 4 heteroatoms. The first kappa shape index (κ1) is 11.9. The predicted molar refractivity (Wildman–Crippen MR) is 68.7 cm³/mol. The molecule has 72 valence electrons. The maximum absolute atomic E-state index is 6.05. The van der Waals surface area contributed by atoms with Gasteiger partial charge in [-0.25, -0.2) is 0 Å². The fraction of sp³-hybridized carbons (Fsp3) is 0.333. The fourth-order valence-electron chi connectivity index (χ4n) is 1.11. The van der Waals surface area contributed by atoms with Crippen LogP contribution in [0.3, 0.4) is 0 Å². The Hall–Kier alpha value is 0.820. The lowest BCUT2D eigenvalue weighted by Crippen LogP contribution is -1.93. The zero-order chi connectivity index (χ0) is 10.2. The molecule has 0 aromatic heterocycles. The van der Waals surface area contributed by atoms with E-state index in [1.807, 2.05) is 13.8 Å². The van der Waals surface area contributed by atoms with Crippen LogP contribution in [0.15, 0.2) is 0 Å². The molecule has 0 saturated carbocycles. The van der Waals surface area contributed by atoms with Crippen molar-refractivity contribution in [2.45, 2.75) is 18.3 Å². The van der Waals surface area contributed by atoms with Crippen molar-refractivity contribution in [1.82, 2.24) is 0 Å². The summed E-state index contributed by atoms with van der Waals surface area (Å²) in [5.74, 6) is 0. The number of alkyl halides is 1. The van der Waals surface area contributed by atoms with Crippen LogP contribution >= 0.6 is 57.4 Å². The number of rotatable bonds is 1. The molecule has 1 aromatic carbocycles. The van der Waals surface area contributed by atoms with E-state index in [4.69, 9.17) is 34.8 Å². The highest BCUT2D eigenvalue weighted by atomic mass is 127. The summed E-state index contributed by atoms with van der Waals surface area (Å²) < 4.78 is 0.847. The van der Waals surface area contributed by atoms with Crippen molar-refractivity contribution in [3.63, 3.8) is 0 Å². The van der Waals surface area contributed by atoms with Gasteiger partial charge in [0.15, 0.2) is 0 Å². The lowest BCUT2D eigenvalue weighted by atomic mass is 10.0. The molecule has 0 unspecified atom stereocenters. The highest BCUT2D eigenvalue weighted by Crippen LogP contribution is 2.38. The first-order valence-electron chi connectivity index (χ1n) is 3.69. The second-order valence-corrected chi connectivity index (χ2v) is 4.70. The zero-order valence-corrected chi connectivity index (χ0v) is 11.6. The van der Waals surface area contributed by atoms with Crippen LogP contribution < -0.4 is 0 Å². The number of hydrogen-bond donors (Lipinski definition) is 0. The van der Waals surface area contributed by atoms with Gasteiger partial charge >= 0.3 is 0 Å². The van der Waals surface area contributed by atoms with Gasteiger partial charge in [0.05, 0.1) is 15.1 Å². The summed E-state index contributed by atoms with van der Waals surface area (Å²) in [6.45, 7) is 3.97. The Bertz CT molecular complexity index is 318. The summed E-state index contributed by atoms with van der Waals surface area (Å²) >= 11 is 20.3. The first-order chi connectivity index (χ1) is 6.00. The fourth-order valence-corrected chi connectivity index (χ4v) is 3.13. The molecular formula is C9H8Cl3I. The van der Waals surface area contributed by atoms with Gasteiger partial charge in [-0.2, -0.15) is 0 Å². The van der Waals surface area contributed by atoms with Crippen LogP contribution in [0.25, 0.3) is 0 Å². The average Bonchev–Trinajstić information content (AvgIpc) is 2.13. The van der Waals surface area contributed by atoms with Crippen LogP contribution in [0.4, 0.5) is 0 Å². The van der Waals surface area contributed by atoms with E-state index >= 15 is 0 Å². The van der Waals surface area contributed by atoms with Crippen molar-refractivity contribution in [3.05, 3.63) is 31.8 Å². The molecular weight excluding hydrogens is 341 g/mol. The molecule has 0 aliphatic carbocycles. The standard InChI is InChI=1S/C9H8Cl3I/c1-4-5(2)7(10)9(12)8(11)6(4)3-13/h3H2,1-2H3. The van der Waals surface area contributed by atoms with Gasteiger partial charge < -0.3 is 0 Å². The third-order valence-electron chi connectivity index (χ3n) is 2.13. The molecule has 0 aliphatic heterocycles. The van der Waals surface area contributed by atoms with Crippen molar-refractivity contribution < 1.29 is 0 Å². The molecule has 0 fully saturated rings. The Morgan fingerprint density at radius 2 is 1.46 bits per heavy atom. The molecule has 0 heterocycles. The quantitative estimate of drug-likeness (QED) is 0.371. The maximum atomic E-state index is 6.05. The molecule has 0 atom stereocenters. The molecule has 0 radical (unpaired) electrons. The van der Waals surface area contributed by atoms with Crippen molar-refractivity contribution in [2.24, 2.45) is 0 Å². The van der Waals surface area contributed by atoms with E-state index in [2.05, 4.69) is 22.6 Å². The zero-order valence-electron chi connectivity index (χ0n) is 7.22. The summed E-state index contributed by atoms with van der Waals surface area (Å²) in [6, 6.07) is 0. The predicted octanol–water partition coefficient (Wildman–Crippen LogP) is 5.20. The minimum Gasteiger partial charge on any atom is -0.0824 e. The van der Waals surface area contributed by atoms with E-state index in [1.165, 1.54) is 0 Å². The summed E-state index contributed by atoms with van der Waals surface area (Å²) in [6.07, 6.45) is 0. The van der Waals surface area contributed by atoms with Gasteiger partial charge in [0.1, 0.15) is 0 Å². The minimum absolute atomic E-state index is 0.470. The lowest BCUT2D eigenvalue weighted by Gasteiger charge is -2.12. The molecule has 1 aromatic rings. The molecule has 0 nitrogen and oxygen atoms in total. The summed E-state index contributed by atoms with van der Waals surface area (Å²) in [5.41, 5.74) is 3.23. The third kappa shape index (κ3) is 2.09. The molecule has 0 saturated heterocycles. The monoisotopic (exact) mass is 348 g/mol. The topological polar surface area (TPSA) is 0 Å². The maximum Gasteiger partial charge on any atom is 0.0784 e. The van der Waals surface area contributed by atoms with E-state index < -0.39 is 0 Å².